The van der Waals surface area contributed by atoms with Gasteiger partial charge in [0.2, 0.25) is 0 Å². The van der Waals surface area contributed by atoms with E-state index in [0.29, 0.717) is 0 Å². The SMILES string of the molecule is c1cc2ccc3c[nH][nH]c3c2n1. The number of hydrogen-bond acceptors (Lipinski definition) is 1. The second-order valence-corrected chi connectivity index (χ2v) is 2.83. The Labute approximate surface area is 68.4 Å². The van der Waals surface area contributed by atoms with Crippen LogP contribution in [0.3, 0.4) is 0 Å². The van der Waals surface area contributed by atoms with Crippen molar-refractivity contribution in [2.75, 3.05) is 0 Å². The van der Waals surface area contributed by atoms with E-state index in [2.05, 4.69) is 27.3 Å². The van der Waals surface area contributed by atoms with Gasteiger partial charge in [0.05, 0.1) is 11.0 Å². The second-order valence-electron chi connectivity index (χ2n) is 2.83. The number of nitrogens with one attached hydrogen (secondary N) is 2. The smallest absolute Gasteiger partial charge is 0.0958 e. The molecule has 1 aromatic carbocycles. The summed E-state index contributed by atoms with van der Waals surface area (Å²) in [4.78, 5) is 4.27. The summed E-state index contributed by atoms with van der Waals surface area (Å²) in [6, 6.07) is 6.16. The number of H-pyrrole nitrogens is 2. The largest absolute Gasteiger partial charge is 0.307 e. The van der Waals surface area contributed by atoms with Gasteiger partial charge in [0.15, 0.2) is 0 Å². The Morgan fingerprint density at radius 2 is 2.00 bits per heavy atom. The van der Waals surface area contributed by atoms with Gasteiger partial charge in [-0.1, -0.05) is 12.1 Å². The maximum Gasteiger partial charge on any atom is 0.0958 e. The molecule has 3 nitrogen and oxygen atoms in total. The van der Waals surface area contributed by atoms with Crippen molar-refractivity contribution in [3.05, 3.63) is 30.6 Å². The zero-order valence-electron chi connectivity index (χ0n) is 6.33. The van der Waals surface area contributed by atoms with E-state index in [4.69, 9.17) is 0 Å². The van der Waals surface area contributed by atoms with Crippen LogP contribution in [0.1, 0.15) is 0 Å². The standard InChI is InChI=1S/C9H7N3/c1-2-7-5-11-12-9(7)8-6(1)3-4-10-8/h1-5,11-12H. The monoisotopic (exact) mass is 157 g/mol. The molecule has 0 bridgehead atoms. The molecule has 0 aliphatic carbocycles. The predicted octanol–water partition coefficient (Wildman–Crippen LogP) is 2.04. The molecule has 0 amide bonds. The molecule has 0 unspecified atom stereocenters. The molecule has 0 aliphatic heterocycles. The van der Waals surface area contributed by atoms with Gasteiger partial charge in [0, 0.05) is 23.2 Å². The fourth-order valence-electron chi connectivity index (χ4n) is 1.53. The zero-order valence-corrected chi connectivity index (χ0v) is 6.33. The molecule has 3 aromatic rings. The van der Waals surface area contributed by atoms with Crippen LogP contribution in [0.4, 0.5) is 0 Å². The van der Waals surface area contributed by atoms with E-state index < -0.39 is 0 Å². The summed E-state index contributed by atoms with van der Waals surface area (Å²) in [5.41, 5.74) is 2.12. The van der Waals surface area contributed by atoms with Crippen molar-refractivity contribution in [2.45, 2.75) is 0 Å². The lowest BCUT2D eigenvalue weighted by atomic mass is 10.2. The molecule has 0 radical (unpaired) electrons. The van der Waals surface area contributed by atoms with Gasteiger partial charge in [-0.25, -0.2) is 0 Å². The van der Waals surface area contributed by atoms with Gasteiger partial charge in [-0.2, -0.15) is 0 Å². The average molecular weight is 157 g/mol. The molecule has 0 spiro atoms. The van der Waals surface area contributed by atoms with Crippen molar-refractivity contribution >= 4 is 21.8 Å². The molecular formula is C9H7N3. The fourth-order valence-corrected chi connectivity index (χ4v) is 1.53. The first kappa shape index (κ1) is 5.83. The Balaban J connectivity index is 2.71. The van der Waals surface area contributed by atoms with Crippen LogP contribution in [0, 0.1) is 0 Å². The minimum absolute atomic E-state index is 1.04. The normalized spacial score (nSPS) is 11.3. The number of aromatic nitrogens is 3. The highest BCUT2D eigenvalue weighted by atomic mass is 15.1. The number of fused-ring (bicyclic) bond motifs is 3. The molecule has 0 aliphatic rings. The first-order chi connectivity index (χ1) is 5.95. The van der Waals surface area contributed by atoms with Crippen LogP contribution in [0.15, 0.2) is 30.6 Å². The molecule has 2 N–H and O–H groups in total. The molecule has 3 heteroatoms. The van der Waals surface area contributed by atoms with E-state index in [0.717, 1.165) is 11.0 Å². The molecular weight excluding hydrogens is 150 g/mol. The lowest BCUT2D eigenvalue weighted by molar-refractivity contribution is 1.12. The quantitative estimate of drug-likeness (QED) is 0.515. The highest BCUT2D eigenvalue weighted by Gasteiger charge is 2.01. The van der Waals surface area contributed by atoms with E-state index in [1.807, 2.05) is 18.5 Å². The molecule has 0 atom stereocenters. The Morgan fingerprint density at radius 1 is 1.08 bits per heavy atom. The van der Waals surface area contributed by atoms with Crippen molar-refractivity contribution in [2.24, 2.45) is 0 Å². The first-order valence-corrected chi connectivity index (χ1v) is 3.84. The maximum absolute atomic E-state index is 4.27. The molecule has 2 aromatic heterocycles. The van der Waals surface area contributed by atoms with Crippen molar-refractivity contribution in [1.82, 2.24) is 15.2 Å². The summed E-state index contributed by atoms with van der Waals surface area (Å²) >= 11 is 0. The Kier molecular flexibility index (Phi) is 0.913. The zero-order chi connectivity index (χ0) is 7.97. The highest BCUT2D eigenvalue weighted by Crippen LogP contribution is 2.21. The van der Waals surface area contributed by atoms with E-state index in [9.17, 15) is 0 Å². The first-order valence-electron chi connectivity index (χ1n) is 3.84. The van der Waals surface area contributed by atoms with Gasteiger partial charge in [-0.05, 0) is 6.07 Å². The van der Waals surface area contributed by atoms with Crippen LogP contribution >= 0.6 is 0 Å². The summed E-state index contributed by atoms with van der Waals surface area (Å²) in [7, 11) is 0. The third-order valence-corrected chi connectivity index (χ3v) is 2.12. The minimum atomic E-state index is 1.04. The number of hydrogen-bond donors (Lipinski definition) is 2. The van der Waals surface area contributed by atoms with Gasteiger partial charge in [-0.3, -0.25) is 10.1 Å². The number of benzene rings is 1. The molecule has 0 saturated heterocycles. The lowest BCUT2D eigenvalue weighted by Gasteiger charge is -1.89. The van der Waals surface area contributed by atoms with E-state index in [-0.39, 0.29) is 0 Å². The number of nitrogens with zero attached hydrogens (tertiary/aromatic N) is 1. The van der Waals surface area contributed by atoms with E-state index in [1.165, 1.54) is 10.8 Å². The molecule has 0 fully saturated rings. The Morgan fingerprint density at radius 3 is 3.00 bits per heavy atom. The van der Waals surface area contributed by atoms with Gasteiger partial charge >= 0.3 is 0 Å². The van der Waals surface area contributed by atoms with E-state index >= 15 is 0 Å². The molecule has 3 rings (SSSR count). The highest BCUT2D eigenvalue weighted by molar-refractivity contribution is 6.02. The second kappa shape index (κ2) is 1.88. The van der Waals surface area contributed by atoms with Gasteiger partial charge in [-0.15, -0.1) is 0 Å². The molecule has 12 heavy (non-hydrogen) atoms. The third-order valence-electron chi connectivity index (χ3n) is 2.12. The van der Waals surface area contributed by atoms with Gasteiger partial charge < -0.3 is 5.10 Å². The van der Waals surface area contributed by atoms with Gasteiger partial charge in [0.1, 0.15) is 0 Å². The molecule has 2 heterocycles. The van der Waals surface area contributed by atoms with Crippen molar-refractivity contribution < 1.29 is 0 Å². The Bertz CT molecular complexity index is 483. The van der Waals surface area contributed by atoms with Gasteiger partial charge in [0.25, 0.3) is 0 Å². The van der Waals surface area contributed by atoms with Crippen LogP contribution in [0.5, 0.6) is 0 Å². The summed E-state index contributed by atoms with van der Waals surface area (Å²) < 4.78 is 0. The average Bonchev–Trinajstić information content (AvgIpc) is 2.71. The topological polar surface area (TPSA) is 44.5 Å². The fraction of sp³-hybridized carbons (Fsp3) is 0. The molecule has 58 valence electrons. The summed E-state index contributed by atoms with van der Waals surface area (Å²) in [5, 5.41) is 8.36. The number of aromatic amines is 2. The molecule has 0 saturated carbocycles. The summed E-state index contributed by atoms with van der Waals surface area (Å²) in [5.74, 6) is 0. The maximum atomic E-state index is 4.27. The van der Waals surface area contributed by atoms with Crippen molar-refractivity contribution in [1.29, 1.82) is 0 Å². The van der Waals surface area contributed by atoms with Crippen LogP contribution in [-0.4, -0.2) is 15.2 Å². The predicted molar refractivity (Wildman–Crippen MR) is 48.0 cm³/mol. The van der Waals surface area contributed by atoms with Crippen LogP contribution in [0.25, 0.3) is 21.8 Å². The number of rotatable bonds is 0. The van der Waals surface area contributed by atoms with Crippen molar-refractivity contribution in [3.8, 4) is 0 Å². The van der Waals surface area contributed by atoms with Crippen molar-refractivity contribution in [3.63, 3.8) is 0 Å². The van der Waals surface area contributed by atoms with Crippen LogP contribution in [0.2, 0.25) is 0 Å². The minimum Gasteiger partial charge on any atom is -0.307 e. The van der Waals surface area contributed by atoms with Crippen LogP contribution in [-0.2, 0) is 0 Å². The Hall–Kier alpha value is -1.77. The van der Waals surface area contributed by atoms with Crippen LogP contribution < -0.4 is 0 Å². The summed E-state index contributed by atoms with van der Waals surface area (Å²) in [6.07, 6.45) is 3.76. The third kappa shape index (κ3) is 0.580. The summed E-state index contributed by atoms with van der Waals surface area (Å²) in [6.45, 7) is 0. The lowest BCUT2D eigenvalue weighted by Crippen LogP contribution is -1.71. The van der Waals surface area contributed by atoms with E-state index in [1.54, 1.807) is 0 Å².